The fourth-order valence-corrected chi connectivity index (χ4v) is 7.56. The van der Waals surface area contributed by atoms with E-state index in [9.17, 15) is 14.4 Å². The van der Waals surface area contributed by atoms with E-state index in [1.54, 1.807) is 6.92 Å². The van der Waals surface area contributed by atoms with Crippen molar-refractivity contribution in [3.63, 3.8) is 0 Å². The van der Waals surface area contributed by atoms with Gasteiger partial charge in [-0.1, -0.05) is 61.8 Å². The lowest BCUT2D eigenvalue weighted by molar-refractivity contribution is -0.138. The summed E-state index contributed by atoms with van der Waals surface area (Å²) in [6, 6.07) is 16.0. The molecule has 0 saturated carbocycles. The molecule has 3 heterocycles. The van der Waals surface area contributed by atoms with Crippen molar-refractivity contribution < 1.29 is 14.4 Å². The Morgan fingerprint density at radius 1 is 0.933 bits per heavy atom. The number of halogens is 1. The summed E-state index contributed by atoms with van der Waals surface area (Å²) in [5.74, 6) is 0.571. The summed E-state index contributed by atoms with van der Waals surface area (Å²) in [5, 5.41) is 7.28. The Morgan fingerprint density at radius 3 is 2.18 bits per heavy atom. The van der Waals surface area contributed by atoms with Crippen LogP contribution in [-0.2, 0) is 27.2 Å². The highest BCUT2D eigenvalue weighted by Crippen LogP contribution is 2.28. The molecule has 3 aliphatic rings. The standard InChI is InChI=1S/C36H50ClN5O3/c1-25(2)24-42(30-13-18-40(19-14-30)26(3)43)31-15-20-41(21-16-31)36(45)34(22-27-8-10-29(37)11-9-27)39-35(44)23-33-32-7-5-4-6-28(32)12-17-38-33/h4-11,25,30-31,33-34,38H,12-24H2,1-3H3,(H,39,44)/t33-,34+/m0/s1. The molecule has 0 aromatic heterocycles. The fraction of sp³-hybridized carbons (Fsp3) is 0.583. The van der Waals surface area contributed by atoms with E-state index in [0.717, 1.165) is 63.8 Å². The highest BCUT2D eigenvalue weighted by molar-refractivity contribution is 6.30. The number of amides is 3. The van der Waals surface area contributed by atoms with E-state index in [0.29, 0.717) is 42.5 Å². The molecule has 244 valence electrons. The molecule has 2 fully saturated rings. The zero-order chi connectivity index (χ0) is 31.9. The average Bonchev–Trinajstić information content (AvgIpc) is 3.04. The summed E-state index contributed by atoms with van der Waals surface area (Å²) in [4.78, 5) is 46.0. The van der Waals surface area contributed by atoms with Crippen LogP contribution in [-0.4, -0.2) is 89.8 Å². The molecular formula is C36H50ClN5O3. The Hall–Kier alpha value is -2.94. The Labute approximate surface area is 273 Å². The van der Waals surface area contributed by atoms with E-state index in [1.165, 1.54) is 11.1 Å². The first-order valence-corrected chi connectivity index (χ1v) is 17.2. The summed E-state index contributed by atoms with van der Waals surface area (Å²) in [6.45, 7) is 11.0. The highest BCUT2D eigenvalue weighted by Gasteiger charge is 2.35. The number of nitrogens with zero attached hydrogens (tertiary/aromatic N) is 3. The lowest BCUT2D eigenvalue weighted by atomic mass is 9.92. The predicted octanol–water partition coefficient (Wildman–Crippen LogP) is 4.60. The second-order valence-electron chi connectivity index (χ2n) is 13.5. The van der Waals surface area contributed by atoms with Crippen molar-refractivity contribution in [3.8, 4) is 0 Å². The summed E-state index contributed by atoms with van der Waals surface area (Å²) < 4.78 is 0. The molecule has 2 N–H and O–H groups in total. The van der Waals surface area contributed by atoms with E-state index < -0.39 is 6.04 Å². The van der Waals surface area contributed by atoms with Crippen molar-refractivity contribution in [2.24, 2.45) is 5.92 Å². The number of fused-ring (bicyclic) bond motifs is 1. The molecule has 3 amide bonds. The van der Waals surface area contributed by atoms with Gasteiger partial charge in [0.15, 0.2) is 0 Å². The minimum absolute atomic E-state index is 0.0149. The Bertz CT molecular complexity index is 1300. The zero-order valence-corrected chi connectivity index (χ0v) is 27.9. The van der Waals surface area contributed by atoms with Crippen LogP contribution in [0.15, 0.2) is 48.5 Å². The first-order chi connectivity index (χ1) is 21.7. The molecule has 0 radical (unpaired) electrons. The summed E-state index contributed by atoms with van der Waals surface area (Å²) in [6.07, 6.45) is 5.49. The van der Waals surface area contributed by atoms with Crippen molar-refractivity contribution in [1.82, 2.24) is 25.3 Å². The largest absolute Gasteiger partial charge is 0.344 e. The molecule has 8 nitrogen and oxygen atoms in total. The lowest BCUT2D eigenvalue weighted by Gasteiger charge is -2.46. The smallest absolute Gasteiger partial charge is 0.245 e. The van der Waals surface area contributed by atoms with Crippen LogP contribution in [0.4, 0.5) is 0 Å². The van der Waals surface area contributed by atoms with Gasteiger partial charge >= 0.3 is 0 Å². The SMILES string of the molecule is CC(=O)N1CCC(N(CC(C)C)C2CCN(C(=O)[C@@H](Cc3ccc(Cl)cc3)NC(=O)C[C@@H]3NCCc4ccccc43)CC2)CC1. The summed E-state index contributed by atoms with van der Waals surface area (Å²) in [7, 11) is 0. The first kappa shape index (κ1) is 33.4. The Kier molecular flexibility index (Phi) is 11.6. The van der Waals surface area contributed by atoms with Crippen LogP contribution in [0.25, 0.3) is 0 Å². The third-order valence-electron chi connectivity index (χ3n) is 9.79. The minimum atomic E-state index is -0.642. The molecule has 0 aliphatic carbocycles. The van der Waals surface area contributed by atoms with Crippen LogP contribution in [0.2, 0.25) is 5.02 Å². The lowest BCUT2D eigenvalue weighted by Crippen LogP contribution is -2.56. The summed E-state index contributed by atoms with van der Waals surface area (Å²) >= 11 is 6.14. The quantitative estimate of drug-likeness (QED) is 0.399. The van der Waals surface area contributed by atoms with Crippen LogP contribution in [0.3, 0.4) is 0 Å². The number of likely N-dealkylation sites (tertiary alicyclic amines) is 2. The van der Waals surface area contributed by atoms with E-state index in [4.69, 9.17) is 11.6 Å². The van der Waals surface area contributed by atoms with Crippen LogP contribution in [0, 0.1) is 5.92 Å². The van der Waals surface area contributed by atoms with Crippen LogP contribution in [0.5, 0.6) is 0 Å². The first-order valence-electron chi connectivity index (χ1n) is 16.8. The van der Waals surface area contributed by atoms with Crippen molar-refractivity contribution in [2.45, 2.75) is 89.9 Å². The van der Waals surface area contributed by atoms with Gasteiger partial charge in [0.1, 0.15) is 6.04 Å². The number of nitrogens with one attached hydrogen (secondary N) is 2. The van der Waals surface area contributed by atoms with Gasteiger partial charge in [-0.25, -0.2) is 0 Å². The average molecular weight is 636 g/mol. The van der Waals surface area contributed by atoms with E-state index in [1.807, 2.05) is 46.2 Å². The Morgan fingerprint density at radius 2 is 1.56 bits per heavy atom. The summed E-state index contributed by atoms with van der Waals surface area (Å²) in [5.41, 5.74) is 3.41. The predicted molar refractivity (Wildman–Crippen MR) is 179 cm³/mol. The molecule has 2 aromatic rings. The van der Waals surface area contributed by atoms with E-state index in [-0.39, 0.29) is 30.2 Å². The maximum Gasteiger partial charge on any atom is 0.245 e. The molecule has 0 bridgehead atoms. The van der Waals surface area contributed by atoms with Gasteiger partial charge in [0.2, 0.25) is 17.7 Å². The number of rotatable bonds is 10. The topological polar surface area (TPSA) is 85.0 Å². The van der Waals surface area contributed by atoms with Gasteiger partial charge in [0.05, 0.1) is 0 Å². The number of carbonyl (C=O) groups is 3. The molecule has 0 unspecified atom stereocenters. The Balaban J connectivity index is 1.23. The van der Waals surface area contributed by atoms with E-state index in [2.05, 4.69) is 41.5 Å². The van der Waals surface area contributed by atoms with Gasteiger partial charge in [-0.2, -0.15) is 0 Å². The second-order valence-corrected chi connectivity index (χ2v) is 13.9. The maximum atomic E-state index is 14.1. The third kappa shape index (κ3) is 8.87. The highest BCUT2D eigenvalue weighted by atomic mass is 35.5. The third-order valence-corrected chi connectivity index (χ3v) is 10.0. The molecule has 0 spiro atoms. The number of piperidine rings is 2. The number of carbonyl (C=O) groups excluding carboxylic acids is 3. The number of hydrogen-bond donors (Lipinski definition) is 2. The zero-order valence-electron chi connectivity index (χ0n) is 27.1. The molecule has 9 heteroatoms. The molecule has 5 rings (SSSR count). The maximum absolute atomic E-state index is 14.1. The van der Waals surface area contributed by atoms with Gasteiger partial charge in [-0.15, -0.1) is 0 Å². The molecule has 45 heavy (non-hydrogen) atoms. The van der Waals surface area contributed by atoms with Gasteiger partial charge in [-0.05, 0) is 73.4 Å². The van der Waals surface area contributed by atoms with Gasteiger partial charge in [0, 0.05) is 75.6 Å². The molecule has 2 aromatic carbocycles. The van der Waals surface area contributed by atoms with Crippen LogP contribution >= 0.6 is 11.6 Å². The number of hydrogen-bond acceptors (Lipinski definition) is 5. The van der Waals surface area contributed by atoms with Crippen LogP contribution < -0.4 is 10.6 Å². The van der Waals surface area contributed by atoms with Crippen molar-refractivity contribution in [3.05, 3.63) is 70.2 Å². The fourth-order valence-electron chi connectivity index (χ4n) is 7.44. The molecule has 3 aliphatic heterocycles. The van der Waals surface area contributed by atoms with Crippen molar-refractivity contribution in [1.29, 1.82) is 0 Å². The van der Waals surface area contributed by atoms with E-state index >= 15 is 0 Å². The molecular weight excluding hydrogens is 586 g/mol. The monoisotopic (exact) mass is 635 g/mol. The second kappa shape index (κ2) is 15.6. The van der Waals surface area contributed by atoms with Gasteiger partial charge in [-0.3, -0.25) is 19.3 Å². The van der Waals surface area contributed by atoms with Crippen LogP contribution in [0.1, 0.15) is 75.6 Å². The molecule has 2 saturated heterocycles. The minimum Gasteiger partial charge on any atom is -0.344 e. The van der Waals surface area contributed by atoms with Gasteiger partial charge in [0.25, 0.3) is 0 Å². The number of benzene rings is 2. The van der Waals surface area contributed by atoms with Gasteiger partial charge < -0.3 is 20.4 Å². The normalized spacial score (nSPS) is 20.3. The van der Waals surface area contributed by atoms with Crippen molar-refractivity contribution >= 4 is 29.3 Å². The van der Waals surface area contributed by atoms with Crippen molar-refractivity contribution in [2.75, 3.05) is 39.3 Å². The molecule has 2 atom stereocenters.